The van der Waals surface area contributed by atoms with Gasteiger partial charge in [-0.05, 0) is 47.9 Å². The first-order chi connectivity index (χ1) is 12.4. The van der Waals surface area contributed by atoms with E-state index in [-0.39, 0.29) is 17.5 Å². The van der Waals surface area contributed by atoms with Crippen molar-refractivity contribution >= 4 is 21.7 Å². The van der Waals surface area contributed by atoms with Crippen LogP contribution < -0.4 is 19.7 Å². The molecule has 7 nitrogen and oxygen atoms in total. The molecule has 8 heteroatoms. The molecular formula is C18H21N3O4S. The first-order valence-electron chi connectivity index (χ1n) is 8.19. The summed E-state index contributed by atoms with van der Waals surface area (Å²) in [6, 6.07) is 11.9. The van der Waals surface area contributed by atoms with Crippen LogP contribution in [0.1, 0.15) is 11.1 Å². The number of sulfonamides is 1. The van der Waals surface area contributed by atoms with Crippen LogP contribution in [0.4, 0.5) is 10.5 Å². The third-order valence-corrected chi connectivity index (χ3v) is 5.72. The molecule has 0 aromatic heterocycles. The zero-order valence-corrected chi connectivity index (χ0v) is 15.5. The summed E-state index contributed by atoms with van der Waals surface area (Å²) in [5.41, 5.74) is 2.40. The summed E-state index contributed by atoms with van der Waals surface area (Å²) in [6.45, 7) is 0.705. The number of amides is 2. The quantitative estimate of drug-likeness (QED) is 0.835. The smallest absolute Gasteiger partial charge is 0.321 e. The molecule has 0 radical (unpaired) electrons. The minimum absolute atomic E-state index is 0.168. The maximum absolute atomic E-state index is 12.6. The largest absolute Gasteiger partial charge is 0.497 e. The Bertz CT molecular complexity index is 928. The minimum Gasteiger partial charge on any atom is -0.497 e. The van der Waals surface area contributed by atoms with Crippen LogP contribution in [0.5, 0.6) is 5.75 Å². The lowest BCUT2D eigenvalue weighted by molar-refractivity contribution is 0.248. The summed E-state index contributed by atoms with van der Waals surface area (Å²) in [6.07, 6.45) is 0.627. The van der Waals surface area contributed by atoms with Gasteiger partial charge in [0.1, 0.15) is 5.75 Å². The van der Waals surface area contributed by atoms with Gasteiger partial charge < -0.3 is 10.1 Å². The van der Waals surface area contributed by atoms with Crippen LogP contribution in [0, 0.1) is 0 Å². The molecule has 1 heterocycles. The van der Waals surface area contributed by atoms with E-state index < -0.39 is 10.0 Å². The van der Waals surface area contributed by atoms with E-state index in [2.05, 4.69) is 10.0 Å². The Morgan fingerprint density at radius 3 is 2.77 bits per heavy atom. The molecule has 2 aromatic rings. The van der Waals surface area contributed by atoms with Crippen molar-refractivity contribution < 1.29 is 17.9 Å². The van der Waals surface area contributed by atoms with Gasteiger partial charge in [0.05, 0.1) is 12.0 Å². The van der Waals surface area contributed by atoms with Gasteiger partial charge >= 0.3 is 6.03 Å². The SMILES string of the molecule is CNC(=O)N1CCc2cc(S(=O)(=O)NCc3cccc(OC)c3)ccc21. The van der Waals surface area contributed by atoms with Gasteiger partial charge in [-0.3, -0.25) is 4.90 Å². The van der Waals surface area contributed by atoms with E-state index in [4.69, 9.17) is 4.74 Å². The van der Waals surface area contributed by atoms with E-state index in [0.717, 1.165) is 16.8 Å². The number of methoxy groups -OCH3 is 1. The molecule has 3 rings (SSSR count). The predicted octanol–water partition coefficient (Wildman–Crippen LogP) is 1.88. The van der Waals surface area contributed by atoms with Gasteiger partial charge in [-0.25, -0.2) is 17.9 Å². The van der Waals surface area contributed by atoms with E-state index in [9.17, 15) is 13.2 Å². The monoisotopic (exact) mass is 375 g/mol. The molecule has 0 unspecified atom stereocenters. The van der Waals surface area contributed by atoms with Crippen molar-refractivity contribution in [2.75, 3.05) is 25.6 Å². The maximum Gasteiger partial charge on any atom is 0.321 e. The van der Waals surface area contributed by atoms with Crippen LogP contribution >= 0.6 is 0 Å². The Balaban J connectivity index is 1.77. The second-order valence-corrected chi connectivity index (χ2v) is 7.69. The van der Waals surface area contributed by atoms with Crippen LogP contribution in [-0.4, -0.2) is 35.2 Å². The van der Waals surface area contributed by atoms with Crippen molar-refractivity contribution in [2.24, 2.45) is 0 Å². The topological polar surface area (TPSA) is 87.7 Å². The molecule has 1 aliphatic rings. The van der Waals surface area contributed by atoms with Gasteiger partial charge in [-0.1, -0.05) is 12.1 Å². The second kappa shape index (κ2) is 7.35. The molecule has 0 atom stereocenters. The molecule has 0 saturated heterocycles. The molecule has 0 saturated carbocycles. The maximum atomic E-state index is 12.6. The van der Waals surface area contributed by atoms with Crippen molar-refractivity contribution in [3.8, 4) is 5.75 Å². The number of rotatable bonds is 5. The third-order valence-electron chi connectivity index (χ3n) is 4.32. The van der Waals surface area contributed by atoms with Crippen LogP contribution in [0.3, 0.4) is 0 Å². The Hall–Kier alpha value is -2.58. The van der Waals surface area contributed by atoms with Crippen LogP contribution in [0.15, 0.2) is 47.4 Å². The molecule has 2 N–H and O–H groups in total. The summed E-state index contributed by atoms with van der Waals surface area (Å²) in [7, 11) is -0.516. The summed E-state index contributed by atoms with van der Waals surface area (Å²) >= 11 is 0. The van der Waals surface area contributed by atoms with Gasteiger partial charge in [-0.15, -0.1) is 0 Å². The molecule has 0 aliphatic carbocycles. The standard InChI is InChI=1S/C18H21N3O4S/c1-19-18(22)21-9-8-14-11-16(6-7-17(14)21)26(23,24)20-12-13-4-3-5-15(10-13)25-2/h3-7,10-11,20H,8-9,12H2,1-2H3,(H,19,22). The van der Waals surface area contributed by atoms with Crippen molar-refractivity contribution in [2.45, 2.75) is 17.9 Å². The van der Waals surface area contributed by atoms with Crippen LogP contribution in [0.2, 0.25) is 0 Å². The molecule has 2 aromatic carbocycles. The van der Waals surface area contributed by atoms with Crippen LogP contribution in [-0.2, 0) is 23.0 Å². The lowest BCUT2D eigenvalue weighted by Gasteiger charge is -2.16. The van der Waals surface area contributed by atoms with Crippen molar-refractivity contribution in [3.05, 3.63) is 53.6 Å². The van der Waals surface area contributed by atoms with Crippen molar-refractivity contribution in [3.63, 3.8) is 0 Å². The molecule has 26 heavy (non-hydrogen) atoms. The highest BCUT2D eigenvalue weighted by molar-refractivity contribution is 7.89. The van der Waals surface area contributed by atoms with Gasteiger partial charge in [0, 0.05) is 25.8 Å². The average molecular weight is 375 g/mol. The first-order valence-corrected chi connectivity index (χ1v) is 9.67. The minimum atomic E-state index is -3.65. The van der Waals surface area contributed by atoms with E-state index in [0.29, 0.717) is 18.7 Å². The number of urea groups is 1. The summed E-state index contributed by atoms with van der Waals surface area (Å²) in [4.78, 5) is 13.6. The fourth-order valence-electron chi connectivity index (χ4n) is 2.94. The normalized spacial score (nSPS) is 13.4. The Labute approximate surface area is 153 Å². The number of anilines is 1. The number of benzene rings is 2. The summed E-state index contributed by atoms with van der Waals surface area (Å²) < 4.78 is 32.9. The number of hydrogen-bond donors (Lipinski definition) is 2. The molecule has 138 valence electrons. The summed E-state index contributed by atoms with van der Waals surface area (Å²) in [5.74, 6) is 0.675. The first kappa shape index (κ1) is 18.2. The number of ether oxygens (including phenoxy) is 1. The van der Waals surface area contributed by atoms with Gasteiger partial charge in [-0.2, -0.15) is 0 Å². The van der Waals surface area contributed by atoms with E-state index in [1.807, 2.05) is 12.1 Å². The predicted molar refractivity (Wildman–Crippen MR) is 99.0 cm³/mol. The number of carbonyl (C=O) groups excluding carboxylic acids is 1. The van der Waals surface area contributed by atoms with Gasteiger partial charge in [0.15, 0.2) is 0 Å². The zero-order valence-electron chi connectivity index (χ0n) is 14.7. The van der Waals surface area contributed by atoms with Gasteiger partial charge in [0.25, 0.3) is 0 Å². The lowest BCUT2D eigenvalue weighted by atomic mass is 10.2. The Morgan fingerprint density at radius 2 is 2.04 bits per heavy atom. The highest BCUT2D eigenvalue weighted by Crippen LogP contribution is 2.30. The Kier molecular flexibility index (Phi) is 5.15. The number of carbonyl (C=O) groups is 1. The number of fused-ring (bicyclic) bond motifs is 1. The zero-order chi connectivity index (χ0) is 18.7. The van der Waals surface area contributed by atoms with E-state index in [1.54, 1.807) is 43.3 Å². The highest BCUT2D eigenvalue weighted by atomic mass is 32.2. The molecule has 0 fully saturated rings. The molecule has 2 amide bonds. The second-order valence-electron chi connectivity index (χ2n) is 5.92. The fraction of sp³-hybridized carbons (Fsp3) is 0.278. The summed E-state index contributed by atoms with van der Waals surface area (Å²) in [5, 5.41) is 2.59. The van der Waals surface area contributed by atoms with Crippen molar-refractivity contribution in [1.82, 2.24) is 10.0 Å². The molecular weight excluding hydrogens is 354 g/mol. The number of nitrogens with one attached hydrogen (secondary N) is 2. The van der Waals surface area contributed by atoms with E-state index >= 15 is 0 Å². The lowest BCUT2D eigenvalue weighted by Crippen LogP contribution is -2.36. The van der Waals surface area contributed by atoms with E-state index in [1.165, 1.54) is 6.07 Å². The van der Waals surface area contributed by atoms with Crippen molar-refractivity contribution in [1.29, 1.82) is 0 Å². The molecule has 0 spiro atoms. The third kappa shape index (κ3) is 3.66. The number of hydrogen-bond acceptors (Lipinski definition) is 4. The number of nitrogens with zero attached hydrogens (tertiary/aromatic N) is 1. The average Bonchev–Trinajstić information content (AvgIpc) is 3.09. The highest BCUT2D eigenvalue weighted by Gasteiger charge is 2.26. The Morgan fingerprint density at radius 1 is 1.23 bits per heavy atom. The molecule has 1 aliphatic heterocycles. The fourth-order valence-corrected chi connectivity index (χ4v) is 4.00. The van der Waals surface area contributed by atoms with Crippen LogP contribution in [0.25, 0.3) is 0 Å². The molecule has 0 bridgehead atoms. The van der Waals surface area contributed by atoms with Gasteiger partial charge in [0.2, 0.25) is 10.0 Å².